The quantitative estimate of drug-likeness (QED) is 0.916. The lowest BCUT2D eigenvalue weighted by Gasteiger charge is -2.14. The summed E-state index contributed by atoms with van der Waals surface area (Å²) in [6.07, 6.45) is 0. The Morgan fingerprint density at radius 2 is 1.61 bits per heavy atom. The van der Waals surface area contributed by atoms with Crippen LogP contribution in [0.25, 0.3) is 0 Å². The normalized spacial score (nSPS) is 9.17. The van der Waals surface area contributed by atoms with Crippen molar-refractivity contribution in [2.75, 3.05) is 19.6 Å². The molecular weight excluding hydrogens is 248 g/mol. The van der Waals surface area contributed by atoms with E-state index in [1.54, 1.807) is 0 Å². The number of likely N-dealkylation sites (N-methyl/N-ethyl adjacent to an activating group) is 1. The predicted molar refractivity (Wildman–Crippen MR) is 80.1 cm³/mol. The van der Waals surface area contributed by atoms with E-state index in [2.05, 4.69) is 38.1 Å². The number of amides is 1. The van der Waals surface area contributed by atoms with Crippen LogP contribution in [0.15, 0.2) is 24.3 Å². The van der Waals surface area contributed by atoms with Crippen LogP contribution in [0.2, 0.25) is 0 Å². The van der Waals surface area contributed by atoms with Gasteiger partial charge in [-0.3, -0.25) is 9.69 Å². The highest BCUT2D eigenvalue weighted by Gasteiger charge is 2.00. The second-order valence-electron chi connectivity index (χ2n) is 4.09. The summed E-state index contributed by atoms with van der Waals surface area (Å²) in [6.45, 7) is 10.4. The molecule has 0 atom stereocenters. The summed E-state index contributed by atoms with van der Waals surface area (Å²) < 4.78 is 0. The maximum atomic E-state index is 10.3. The van der Waals surface area contributed by atoms with Gasteiger partial charge in [0.25, 0.3) is 0 Å². The van der Waals surface area contributed by atoms with Crippen LogP contribution in [-0.2, 0) is 4.79 Å². The van der Waals surface area contributed by atoms with E-state index in [0.29, 0.717) is 6.54 Å². The lowest BCUT2D eigenvalue weighted by Crippen LogP contribution is -2.33. The zero-order valence-corrected chi connectivity index (χ0v) is 12.6. The average Bonchev–Trinajstić information content (AvgIpc) is 2.26. The molecule has 0 bridgehead atoms. The highest BCUT2D eigenvalue weighted by molar-refractivity contribution is 5.85. The summed E-state index contributed by atoms with van der Waals surface area (Å²) in [4.78, 5) is 12.3. The summed E-state index contributed by atoms with van der Waals surface area (Å²) in [5, 5.41) is 0. The van der Waals surface area contributed by atoms with E-state index in [0.717, 1.165) is 13.1 Å². The second-order valence-corrected chi connectivity index (χ2v) is 4.09. The monoisotopic (exact) mass is 272 g/mol. The van der Waals surface area contributed by atoms with Gasteiger partial charge in [0.05, 0.1) is 6.54 Å². The standard InChI is InChI=1S/C8H10.C6H14N2O.ClH/c1-7-4-3-5-8(2)6-7;1-3-8(4-2)5-6(7)9;/h3-6H,1-2H3;3-5H2,1-2H3,(H2,7,9);1H. The van der Waals surface area contributed by atoms with Crippen LogP contribution in [0, 0.1) is 13.8 Å². The number of carbonyl (C=O) groups excluding carboxylic acids is 1. The molecule has 0 heterocycles. The molecule has 0 aliphatic carbocycles. The molecular formula is C14H25ClN2O. The highest BCUT2D eigenvalue weighted by Crippen LogP contribution is 2.00. The number of nitrogens with two attached hydrogens (primary N) is 1. The van der Waals surface area contributed by atoms with Crippen LogP contribution in [0.3, 0.4) is 0 Å². The van der Waals surface area contributed by atoms with Crippen LogP contribution in [-0.4, -0.2) is 30.4 Å². The summed E-state index contributed by atoms with van der Waals surface area (Å²) in [5.41, 5.74) is 7.64. The van der Waals surface area contributed by atoms with Crippen LogP contribution in [0.4, 0.5) is 0 Å². The summed E-state index contributed by atoms with van der Waals surface area (Å²) in [6, 6.07) is 8.45. The summed E-state index contributed by atoms with van der Waals surface area (Å²) in [7, 11) is 0. The smallest absolute Gasteiger partial charge is 0.231 e. The predicted octanol–water partition coefficient (Wildman–Crippen LogP) is 2.54. The van der Waals surface area contributed by atoms with Gasteiger partial charge < -0.3 is 5.73 Å². The van der Waals surface area contributed by atoms with Gasteiger partial charge in [0, 0.05) is 0 Å². The van der Waals surface area contributed by atoms with E-state index in [-0.39, 0.29) is 18.3 Å². The largest absolute Gasteiger partial charge is 0.369 e. The molecule has 2 N–H and O–H groups in total. The fraction of sp³-hybridized carbons (Fsp3) is 0.500. The first-order valence-corrected chi connectivity index (χ1v) is 6.03. The van der Waals surface area contributed by atoms with E-state index >= 15 is 0 Å². The third-order valence-corrected chi connectivity index (χ3v) is 2.45. The minimum atomic E-state index is -0.251. The molecule has 0 aliphatic rings. The number of hydrogen-bond donors (Lipinski definition) is 1. The number of primary amides is 1. The molecule has 0 fully saturated rings. The van der Waals surface area contributed by atoms with Crippen LogP contribution in [0.1, 0.15) is 25.0 Å². The molecule has 1 aromatic carbocycles. The Balaban J connectivity index is 0. The number of benzene rings is 1. The lowest BCUT2D eigenvalue weighted by atomic mass is 10.2. The van der Waals surface area contributed by atoms with Gasteiger partial charge in [-0.2, -0.15) is 0 Å². The molecule has 0 unspecified atom stereocenters. The number of carbonyl (C=O) groups is 1. The molecule has 0 saturated heterocycles. The molecule has 0 aromatic heterocycles. The van der Waals surface area contributed by atoms with E-state index < -0.39 is 0 Å². The van der Waals surface area contributed by atoms with Crippen molar-refractivity contribution in [3.63, 3.8) is 0 Å². The maximum Gasteiger partial charge on any atom is 0.231 e. The van der Waals surface area contributed by atoms with Crippen molar-refractivity contribution in [3.05, 3.63) is 35.4 Å². The van der Waals surface area contributed by atoms with E-state index in [1.165, 1.54) is 11.1 Å². The Hall–Kier alpha value is -1.06. The number of hydrogen-bond acceptors (Lipinski definition) is 2. The molecule has 104 valence electrons. The molecule has 0 aliphatic heterocycles. The van der Waals surface area contributed by atoms with Gasteiger partial charge in [-0.1, -0.05) is 49.2 Å². The van der Waals surface area contributed by atoms with Gasteiger partial charge in [0.2, 0.25) is 5.91 Å². The number of rotatable bonds is 4. The third kappa shape index (κ3) is 10.1. The first-order valence-electron chi connectivity index (χ1n) is 6.03. The van der Waals surface area contributed by atoms with Crippen molar-refractivity contribution in [1.29, 1.82) is 0 Å². The molecule has 0 saturated carbocycles. The van der Waals surface area contributed by atoms with E-state index in [9.17, 15) is 4.79 Å². The number of aryl methyl sites for hydroxylation is 2. The van der Waals surface area contributed by atoms with Crippen LogP contribution >= 0.6 is 12.4 Å². The Morgan fingerprint density at radius 1 is 1.17 bits per heavy atom. The lowest BCUT2D eigenvalue weighted by molar-refractivity contribution is -0.119. The SMILES string of the molecule is CCN(CC)CC(N)=O.Cc1cccc(C)c1.Cl. The van der Waals surface area contributed by atoms with Crippen molar-refractivity contribution in [2.45, 2.75) is 27.7 Å². The van der Waals surface area contributed by atoms with E-state index in [4.69, 9.17) is 5.73 Å². The van der Waals surface area contributed by atoms with Crippen molar-refractivity contribution in [2.24, 2.45) is 5.73 Å². The first kappa shape index (κ1) is 19.3. The van der Waals surface area contributed by atoms with Crippen molar-refractivity contribution in [3.8, 4) is 0 Å². The van der Waals surface area contributed by atoms with Gasteiger partial charge in [0.1, 0.15) is 0 Å². The van der Waals surface area contributed by atoms with Crippen LogP contribution < -0.4 is 5.73 Å². The zero-order valence-electron chi connectivity index (χ0n) is 11.8. The fourth-order valence-corrected chi connectivity index (χ4v) is 1.47. The molecule has 0 spiro atoms. The second kappa shape index (κ2) is 11.1. The van der Waals surface area contributed by atoms with Crippen molar-refractivity contribution in [1.82, 2.24) is 4.90 Å². The minimum Gasteiger partial charge on any atom is -0.369 e. The van der Waals surface area contributed by atoms with Gasteiger partial charge in [-0.15, -0.1) is 12.4 Å². The Kier molecular flexibility index (Phi) is 11.8. The minimum absolute atomic E-state index is 0. The topological polar surface area (TPSA) is 46.3 Å². The molecule has 1 aromatic rings. The van der Waals surface area contributed by atoms with Crippen LogP contribution in [0.5, 0.6) is 0 Å². The Morgan fingerprint density at radius 3 is 1.78 bits per heavy atom. The molecule has 4 heteroatoms. The molecule has 0 radical (unpaired) electrons. The van der Waals surface area contributed by atoms with Gasteiger partial charge in [-0.25, -0.2) is 0 Å². The average molecular weight is 273 g/mol. The van der Waals surface area contributed by atoms with E-state index in [1.807, 2.05) is 18.7 Å². The zero-order chi connectivity index (χ0) is 13.3. The number of halogens is 1. The molecule has 18 heavy (non-hydrogen) atoms. The molecule has 1 rings (SSSR count). The van der Waals surface area contributed by atoms with Gasteiger partial charge >= 0.3 is 0 Å². The van der Waals surface area contributed by atoms with Gasteiger partial charge in [-0.05, 0) is 26.9 Å². The van der Waals surface area contributed by atoms with Crippen molar-refractivity contribution < 1.29 is 4.79 Å². The maximum absolute atomic E-state index is 10.3. The first-order chi connectivity index (χ1) is 7.99. The Bertz CT molecular complexity index is 321. The molecule has 1 amide bonds. The molecule has 3 nitrogen and oxygen atoms in total. The van der Waals surface area contributed by atoms with Gasteiger partial charge in [0.15, 0.2) is 0 Å². The fourth-order valence-electron chi connectivity index (χ4n) is 1.47. The third-order valence-electron chi connectivity index (χ3n) is 2.45. The highest BCUT2D eigenvalue weighted by atomic mass is 35.5. The summed E-state index contributed by atoms with van der Waals surface area (Å²) >= 11 is 0. The summed E-state index contributed by atoms with van der Waals surface area (Å²) in [5.74, 6) is -0.251. The van der Waals surface area contributed by atoms with Crippen molar-refractivity contribution >= 4 is 18.3 Å². The number of nitrogens with zero attached hydrogens (tertiary/aromatic N) is 1. The Labute approximate surface area is 117 Å².